The maximum absolute atomic E-state index is 11.5. The van der Waals surface area contributed by atoms with E-state index in [0.29, 0.717) is 16.7 Å². The fourth-order valence-electron chi connectivity index (χ4n) is 9.48. The summed E-state index contributed by atoms with van der Waals surface area (Å²) in [6.45, 7) is 16.6. The third-order valence-electron chi connectivity index (χ3n) is 11.6. The van der Waals surface area contributed by atoms with Crippen LogP contribution in [0.2, 0.25) is 0 Å². The highest BCUT2D eigenvalue weighted by atomic mass is 16.5. The zero-order valence-electron chi connectivity index (χ0n) is 22.8. The van der Waals surface area contributed by atoms with E-state index in [1.165, 1.54) is 57.8 Å². The first-order chi connectivity index (χ1) is 15.6. The second-order valence-electron chi connectivity index (χ2n) is 13.4. The number of hydrogen-bond acceptors (Lipinski definition) is 2. The smallest absolute Gasteiger partial charge is 0.302 e. The van der Waals surface area contributed by atoms with Gasteiger partial charge in [0.1, 0.15) is 6.10 Å². The van der Waals surface area contributed by atoms with Gasteiger partial charge in [0.2, 0.25) is 0 Å². The van der Waals surface area contributed by atoms with E-state index in [4.69, 9.17) is 4.74 Å². The molecule has 4 aliphatic carbocycles. The summed E-state index contributed by atoms with van der Waals surface area (Å²) in [6, 6.07) is 0. The van der Waals surface area contributed by atoms with Crippen LogP contribution in [0.15, 0.2) is 11.6 Å². The lowest BCUT2D eigenvalue weighted by atomic mass is 9.47. The molecular formula is C31H52O2. The van der Waals surface area contributed by atoms with E-state index >= 15 is 0 Å². The molecular weight excluding hydrogens is 404 g/mol. The van der Waals surface area contributed by atoms with Crippen LogP contribution >= 0.6 is 0 Å². The van der Waals surface area contributed by atoms with E-state index in [1.54, 1.807) is 6.92 Å². The van der Waals surface area contributed by atoms with Gasteiger partial charge in [0.05, 0.1) is 0 Å². The minimum absolute atomic E-state index is 0.103. The van der Waals surface area contributed by atoms with Crippen LogP contribution in [0, 0.1) is 52.3 Å². The maximum atomic E-state index is 11.5. The molecule has 0 saturated heterocycles. The molecule has 0 radical (unpaired) electrons. The number of rotatable bonds is 7. The number of hydrogen-bond donors (Lipinski definition) is 0. The number of ether oxygens (including phenoxy) is 1. The van der Waals surface area contributed by atoms with Gasteiger partial charge in [-0.15, -0.1) is 0 Å². The van der Waals surface area contributed by atoms with E-state index < -0.39 is 0 Å². The van der Waals surface area contributed by atoms with Crippen LogP contribution < -0.4 is 0 Å². The third-order valence-corrected chi connectivity index (χ3v) is 11.6. The average molecular weight is 457 g/mol. The molecule has 33 heavy (non-hydrogen) atoms. The van der Waals surface area contributed by atoms with Crippen LogP contribution in [0.3, 0.4) is 0 Å². The summed E-state index contributed by atoms with van der Waals surface area (Å²) in [7, 11) is 0. The lowest BCUT2D eigenvalue weighted by Crippen LogP contribution is -2.50. The van der Waals surface area contributed by atoms with Gasteiger partial charge in [0.15, 0.2) is 0 Å². The SMILES string of the molecule is CC[C@H](CC[C@@H](C)[C@@H]1CC[C@H]2C3=CC[C@H]4C[C@H](OC(C)=O)CC[C@@]4(C)[C@@H]3CC[C@]21C)C(C)C. The Labute approximate surface area is 204 Å². The van der Waals surface area contributed by atoms with Crippen molar-refractivity contribution >= 4 is 5.97 Å². The number of carbonyl (C=O) groups is 1. The molecule has 0 bridgehead atoms. The van der Waals surface area contributed by atoms with Crippen molar-refractivity contribution < 1.29 is 9.53 Å². The molecule has 2 nitrogen and oxygen atoms in total. The highest BCUT2D eigenvalue weighted by molar-refractivity contribution is 5.66. The average Bonchev–Trinajstić information content (AvgIpc) is 3.11. The number of esters is 1. The first-order valence-electron chi connectivity index (χ1n) is 14.5. The van der Waals surface area contributed by atoms with Gasteiger partial charge in [0.25, 0.3) is 0 Å². The lowest BCUT2D eigenvalue weighted by molar-refractivity contribution is -0.152. The topological polar surface area (TPSA) is 26.3 Å². The predicted molar refractivity (Wildman–Crippen MR) is 138 cm³/mol. The van der Waals surface area contributed by atoms with Crippen molar-refractivity contribution in [1.29, 1.82) is 0 Å². The molecule has 4 rings (SSSR count). The fourth-order valence-corrected chi connectivity index (χ4v) is 9.48. The molecule has 3 fully saturated rings. The second kappa shape index (κ2) is 9.69. The monoisotopic (exact) mass is 456 g/mol. The summed E-state index contributed by atoms with van der Waals surface area (Å²) in [5, 5.41) is 0. The van der Waals surface area contributed by atoms with Crippen molar-refractivity contribution in [2.45, 2.75) is 125 Å². The number of fused-ring (bicyclic) bond motifs is 5. The molecule has 0 aliphatic heterocycles. The van der Waals surface area contributed by atoms with Crippen LogP contribution in [0.25, 0.3) is 0 Å². The van der Waals surface area contributed by atoms with Crippen molar-refractivity contribution in [3.63, 3.8) is 0 Å². The van der Waals surface area contributed by atoms with Gasteiger partial charge >= 0.3 is 5.97 Å². The molecule has 0 N–H and O–H groups in total. The first kappa shape index (κ1) is 25.3. The normalized spacial score (nSPS) is 42.1. The Hall–Kier alpha value is -0.790. The standard InChI is InChI=1S/C31H52O2/c1-8-23(20(2)3)10-9-21(4)27-13-14-28-26-12-11-24-19-25(33-22(5)32)15-17-30(24,6)29(26)16-18-31(27,28)7/h12,20-21,23-25,27-29H,8-11,13-19H2,1-7H3/t21-,23-,24+,25-,27+,28+,29-,30-,31+/m1/s1. The maximum Gasteiger partial charge on any atom is 0.302 e. The molecule has 3 saturated carbocycles. The molecule has 0 spiro atoms. The van der Waals surface area contributed by atoms with E-state index in [9.17, 15) is 4.79 Å². The summed E-state index contributed by atoms with van der Waals surface area (Å²) in [4.78, 5) is 11.5. The summed E-state index contributed by atoms with van der Waals surface area (Å²) >= 11 is 0. The number of allylic oxidation sites excluding steroid dienone is 2. The largest absolute Gasteiger partial charge is 0.463 e. The molecule has 0 aromatic rings. The van der Waals surface area contributed by atoms with E-state index in [-0.39, 0.29) is 12.1 Å². The molecule has 0 amide bonds. The Kier molecular flexibility index (Phi) is 7.43. The van der Waals surface area contributed by atoms with Crippen molar-refractivity contribution in [3.8, 4) is 0 Å². The van der Waals surface area contributed by atoms with Crippen molar-refractivity contribution in [2.75, 3.05) is 0 Å². The second-order valence-corrected chi connectivity index (χ2v) is 13.4. The van der Waals surface area contributed by atoms with Crippen LogP contribution in [-0.2, 0) is 9.53 Å². The van der Waals surface area contributed by atoms with Gasteiger partial charge in [-0.25, -0.2) is 0 Å². The highest BCUT2D eigenvalue weighted by Gasteiger charge is 2.58. The zero-order valence-corrected chi connectivity index (χ0v) is 22.8. The van der Waals surface area contributed by atoms with Gasteiger partial charge in [-0.05, 0) is 110 Å². The summed E-state index contributed by atoms with van der Waals surface area (Å²) in [6.07, 6.45) is 17.3. The fraction of sp³-hybridized carbons (Fsp3) is 0.903. The summed E-state index contributed by atoms with van der Waals surface area (Å²) in [5.74, 6) is 5.65. The van der Waals surface area contributed by atoms with E-state index in [2.05, 4.69) is 47.6 Å². The highest BCUT2D eigenvalue weighted by Crippen LogP contribution is 2.67. The Balaban J connectivity index is 1.46. The van der Waals surface area contributed by atoms with Crippen molar-refractivity contribution in [3.05, 3.63) is 11.6 Å². The molecule has 188 valence electrons. The molecule has 0 unspecified atom stereocenters. The van der Waals surface area contributed by atoms with Crippen LogP contribution in [0.1, 0.15) is 119 Å². The molecule has 0 aromatic carbocycles. The molecule has 9 atom stereocenters. The molecule has 2 heteroatoms. The minimum Gasteiger partial charge on any atom is -0.463 e. The first-order valence-corrected chi connectivity index (χ1v) is 14.5. The lowest BCUT2D eigenvalue weighted by Gasteiger charge is -2.58. The van der Waals surface area contributed by atoms with Crippen LogP contribution in [0.5, 0.6) is 0 Å². The van der Waals surface area contributed by atoms with Gasteiger partial charge < -0.3 is 4.74 Å². The Morgan fingerprint density at radius 3 is 2.39 bits per heavy atom. The van der Waals surface area contributed by atoms with Gasteiger partial charge in [-0.1, -0.05) is 66.0 Å². The van der Waals surface area contributed by atoms with Crippen molar-refractivity contribution in [1.82, 2.24) is 0 Å². The Morgan fingerprint density at radius 2 is 1.73 bits per heavy atom. The summed E-state index contributed by atoms with van der Waals surface area (Å²) in [5.41, 5.74) is 2.79. The Morgan fingerprint density at radius 1 is 1.03 bits per heavy atom. The van der Waals surface area contributed by atoms with Crippen molar-refractivity contribution in [2.24, 2.45) is 52.3 Å². The van der Waals surface area contributed by atoms with Gasteiger partial charge in [-0.2, -0.15) is 0 Å². The minimum atomic E-state index is -0.103. The van der Waals surface area contributed by atoms with Gasteiger partial charge in [-0.3, -0.25) is 4.79 Å². The summed E-state index contributed by atoms with van der Waals surface area (Å²) < 4.78 is 5.65. The Bertz CT molecular complexity index is 737. The van der Waals surface area contributed by atoms with Crippen LogP contribution in [-0.4, -0.2) is 12.1 Å². The zero-order chi connectivity index (χ0) is 24.0. The van der Waals surface area contributed by atoms with E-state index in [0.717, 1.165) is 48.3 Å². The predicted octanol–water partition coefficient (Wildman–Crippen LogP) is 8.60. The number of carbonyl (C=O) groups excluding carboxylic acids is 1. The molecule has 0 aromatic heterocycles. The third kappa shape index (κ3) is 4.58. The van der Waals surface area contributed by atoms with E-state index in [1.807, 2.05) is 5.57 Å². The quantitative estimate of drug-likeness (QED) is 0.283. The van der Waals surface area contributed by atoms with Crippen LogP contribution in [0.4, 0.5) is 0 Å². The molecule has 0 heterocycles. The van der Waals surface area contributed by atoms with Gasteiger partial charge in [0, 0.05) is 6.92 Å². The molecule has 4 aliphatic rings.